The summed E-state index contributed by atoms with van der Waals surface area (Å²) in [5.74, 6) is 0.475. The van der Waals surface area contributed by atoms with Gasteiger partial charge in [0, 0.05) is 6.20 Å². The first-order chi connectivity index (χ1) is 6.65. The molecule has 0 atom stereocenters. The van der Waals surface area contributed by atoms with E-state index in [9.17, 15) is 0 Å². The summed E-state index contributed by atoms with van der Waals surface area (Å²) in [7, 11) is 0. The van der Waals surface area contributed by atoms with Crippen molar-refractivity contribution in [2.75, 3.05) is 0 Å². The van der Waals surface area contributed by atoms with Gasteiger partial charge >= 0.3 is 0 Å². The highest BCUT2D eigenvalue weighted by molar-refractivity contribution is 5.67. The minimum atomic E-state index is 0.475. The van der Waals surface area contributed by atoms with Crippen molar-refractivity contribution in [1.29, 1.82) is 0 Å². The van der Waals surface area contributed by atoms with Crippen molar-refractivity contribution >= 4 is 12.3 Å². The summed E-state index contributed by atoms with van der Waals surface area (Å²) in [6, 6.07) is 8.50. The average molecular weight is 187 g/mol. The van der Waals surface area contributed by atoms with Gasteiger partial charge in [0.2, 0.25) is 0 Å². The van der Waals surface area contributed by atoms with Crippen LogP contribution in [0.4, 0.5) is 0 Å². The Kier molecular flexibility index (Phi) is 3.63. The Bertz CT molecular complexity index is 331. The molecule has 0 aliphatic carbocycles. The van der Waals surface area contributed by atoms with Crippen molar-refractivity contribution in [3.05, 3.63) is 41.6 Å². The SMILES string of the molecule is C=N/C=C(/c1ccc(C)cc1)C(C)C. The molecule has 1 nitrogen and oxygen atoms in total. The molecule has 1 heteroatoms. The zero-order valence-electron chi connectivity index (χ0n) is 9.12. The van der Waals surface area contributed by atoms with Crippen molar-refractivity contribution in [3.63, 3.8) is 0 Å². The average Bonchev–Trinajstić information content (AvgIpc) is 2.15. The molecule has 0 aliphatic heterocycles. The molecule has 0 bridgehead atoms. The lowest BCUT2D eigenvalue weighted by Crippen LogP contribution is -1.93. The molecule has 0 radical (unpaired) electrons. The molecule has 0 aromatic heterocycles. The van der Waals surface area contributed by atoms with Crippen LogP contribution in [-0.4, -0.2) is 6.72 Å². The van der Waals surface area contributed by atoms with Gasteiger partial charge in [-0.05, 0) is 30.7 Å². The number of hydrogen-bond acceptors (Lipinski definition) is 1. The van der Waals surface area contributed by atoms with Gasteiger partial charge in [-0.25, -0.2) is 0 Å². The molecule has 0 fully saturated rings. The van der Waals surface area contributed by atoms with E-state index >= 15 is 0 Å². The molecular formula is C13H17N. The van der Waals surface area contributed by atoms with Crippen LogP contribution in [0.2, 0.25) is 0 Å². The first-order valence-electron chi connectivity index (χ1n) is 4.88. The maximum Gasteiger partial charge on any atom is 0.0301 e. The van der Waals surface area contributed by atoms with E-state index in [0.29, 0.717) is 5.92 Å². The Morgan fingerprint density at radius 3 is 2.29 bits per heavy atom. The summed E-state index contributed by atoms with van der Waals surface area (Å²) in [5, 5.41) is 0. The second-order valence-corrected chi connectivity index (χ2v) is 3.79. The molecule has 0 amide bonds. The monoisotopic (exact) mass is 187 g/mol. The third-order valence-electron chi connectivity index (χ3n) is 2.24. The highest BCUT2D eigenvalue weighted by Gasteiger charge is 2.05. The molecule has 74 valence electrons. The zero-order valence-corrected chi connectivity index (χ0v) is 9.12. The van der Waals surface area contributed by atoms with Crippen LogP contribution in [0.25, 0.3) is 5.57 Å². The van der Waals surface area contributed by atoms with Crippen LogP contribution in [-0.2, 0) is 0 Å². The molecule has 0 saturated carbocycles. The van der Waals surface area contributed by atoms with Gasteiger partial charge in [-0.1, -0.05) is 43.7 Å². The topological polar surface area (TPSA) is 12.4 Å². The van der Waals surface area contributed by atoms with E-state index in [1.807, 2.05) is 6.20 Å². The lowest BCUT2D eigenvalue weighted by atomic mass is 9.96. The number of aryl methyl sites for hydroxylation is 1. The summed E-state index contributed by atoms with van der Waals surface area (Å²) in [4.78, 5) is 3.84. The number of hydrogen-bond donors (Lipinski definition) is 0. The van der Waals surface area contributed by atoms with Gasteiger partial charge in [0.1, 0.15) is 0 Å². The van der Waals surface area contributed by atoms with E-state index in [2.05, 4.69) is 56.7 Å². The fraction of sp³-hybridized carbons (Fsp3) is 0.308. The Morgan fingerprint density at radius 1 is 1.29 bits per heavy atom. The van der Waals surface area contributed by atoms with Crippen LogP contribution in [0.5, 0.6) is 0 Å². The number of aliphatic imine (C=N–C) groups is 1. The van der Waals surface area contributed by atoms with Gasteiger partial charge < -0.3 is 0 Å². The molecular weight excluding hydrogens is 170 g/mol. The molecule has 0 saturated heterocycles. The van der Waals surface area contributed by atoms with Gasteiger partial charge in [0.25, 0.3) is 0 Å². The van der Waals surface area contributed by atoms with Gasteiger partial charge in [-0.2, -0.15) is 0 Å². The van der Waals surface area contributed by atoms with Crippen LogP contribution in [0.3, 0.4) is 0 Å². The Labute approximate surface area is 86.2 Å². The second-order valence-electron chi connectivity index (χ2n) is 3.79. The highest BCUT2D eigenvalue weighted by Crippen LogP contribution is 2.23. The van der Waals surface area contributed by atoms with Crippen LogP contribution in [0.1, 0.15) is 25.0 Å². The Hall–Kier alpha value is -1.37. The molecule has 0 heterocycles. The third kappa shape index (κ3) is 2.56. The number of nitrogens with zero attached hydrogens (tertiary/aromatic N) is 1. The van der Waals surface area contributed by atoms with E-state index < -0.39 is 0 Å². The van der Waals surface area contributed by atoms with E-state index in [0.717, 1.165) is 0 Å². The molecule has 0 unspecified atom stereocenters. The summed E-state index contributed by atoms with van der Waals surface area (Å²) in [5.41, 5.74) is 3.75. The number of benzene rings is 1. The van der Waals surface area contributed by atoms with Crippen molar-refractivity contribution in [3.8, 4) is 0 Å². The van der Waals surface area contributed by atoms with Gasteiger partial charge in [-0.3, -0.25) is 4.99 Å². The lowest BCUT2D eigenvalue weighted by Gasteiger charge is -2.10. The van der Waals surface area contributed by atoms with E-state index in [1.165, 1.54) is 16.7 Å². The van der Waals surface area contributed by atoms with Crippen molar-refractivity contribution < 1.29 is 0 Å². The van der Waals surface area contributed by atoms with Gasteiger partial charge in [0.05, 0.1) is 0 Å². The molecule has 0 spiro atoms. The molecule has 1 aromatic carbocycles. The Morgan fingerprint density at radius 2 is 1.86 bits per heavy atom. The van der Waals surface area contributed by atoms with Crippen molar-refractivity contribution in [1.82, 2.24) is 0 Å². The molecule has 0 aliphatic rings. The maximum absolute atomic E-state index is 3.84. The second kappa shape index (κ2) is 4.75. The van der Waals surface area contributed by atoms with Crippen LogP contribution >= 0.6 is 0 Å². The van der Waals surface area contributed by atoms with Gasteiger partial charge in [0.15, 0.2) is 0 Å². The normalized spacial score (nSPS) is 11.9. The van der Waals surface area contributed by atoms with Gasteiger partial charge in [-0.15, -0.1) is 0 Å². The van der Waals surface area contributed by atoms with Crippen LogP contribution < -0.4 is 0 Å². The maximum atomic E-state index is 3.84. The lowest BCUT2D eigenvalue weighted by molar-refractivity contribution is 0.853. The summed E-state index contributed by atoms with van der Waals surface area (Å²) in [6.07, 6.45) is 1.84. The predicted molar refractivity (Wildman–Crippen MR) is 63.5 cm³/mol. The molecule has 0 N–H and O–H groups in total. The molecule has 1 rings (SSSR count). The first-order valence-corrected chi connectivity index (χ1v) is 4.88. The minimum absolute atomic E-state index is 0.475. The Balaban J connectivity index is 3.06. The quantitative estimate of drug-likeness (QED) is 0.640. The smallest absolute Gasteiger partial charge is 0.0301 e. The van der Waals surface area contributed by atoms with E-state index in [1.54, 1.807) is 0 Å². The molecule has 14 heavy (non-hydrogen) atoms. The van der Waals surface area contributed by atoms with Crippen molar-refractivity contribution in [2.24, 2.45) is 10.9 Å². The fourth-order valence-electron chi connectivity index (χ4n) is 1.40. The number of rotatable bonds is 3. The zero-order chi connectivity index (χ0) is 10.6. The minimum Gasteiger partial charge on any atom is -0.272 e. The summed E-state index contributed by atoms with van der Waals surface area (Å²) in [6.45, 7) is 9.92. The first kappa shape index (κ1) is 10.7. The summed E-state index contributed by atoms with van der Waals surface area (Å²) >= 11 is 0. The highest BCUT2D eigenvalue weighted by atomic mass is 14.6. The van der Waals surface area contributed by atoms with Crippen LogP contribution in [0.15, 0.2) is 35.5 Å². The fourth-order valence-corrected chi connectivity index (χ4v) is 1.40. The summed E-state index contributed by atoms with van der Waals surface area (Å²) < 4.78 is 0. The number of allylic oxidation sites excluding steroid dienone is 1. The third-order valence-corrected chi connectivity index (χ3v) is 2.24. The standard InChI is InChI=1S/C13H17N/c1-10(2)13(9-14-4)12-7-5-11(3)6-8-12/h5-10H,4H2,1-3H3/b13-9+. The van der Waals surface area contributed by atoms with E-state index in [-0.39, 0.29) is 0 Å². The molecule has 1 aromatic rings. The van der Waals surface area contributed by atoms with E-state index in [4.69, 9.17) is 0 Å². The van der Waals surface area contributed by atoms with Crippen molar-refractivity contribution in [2.45, 2.75) is 20.8 Å². The van der Waals surface area contributed by atoms with Crippen LogP contribution in [0, 0.1) is 12.8 Å². The predicted octanol–water partition coefficient (Wildman–Crippen LogP) is 3.69. The largest absolute Gasteiger partial charge is 0.272 e.